The minimum atomic E-state index is -1.05. The van der Waals surface area contributed by atoms with Gasteiger partial charge in [-0.1, -0.05) is 6.07 Å². The zero-order valence-corrected chi connectivity index (χ0v) is 11.8. The van der Waals surface area contributed by atoms with Gasteiger partial charge in [-0.25, -0.2) is 9.78 Å². The number of aromatic nitrogens is 1. The van der Waals surface area contributed by atoms with Crippen molar-refractivity contribution in [2.24, 2.45) is 0 Å². The molecule has 7 heteroatoms. The lowest BCUT2D eigenvalue weighted by atomic mass is 10.3. The molecule has 0 saturated heterocycles. The van der Waals surface area contributed by atoms with E-state index < -0.39 is 5.97 Å². The topological polar surface area (TPSA) is 77.9 Å². The Morgan fingerprint density at radius 1 is 1.30 bits per heavy atom. The summed E-state index contributed by atoms with van der Waals surface area (Å²) >= 11 is 1.06. The van der Waals surface area contributed by atoms with Crippen molar-refractivity contribution in [1.82, 2.24) is 4.98 Å². The standard InChI is InChI=1S/C13H13NO5S/c1-17-9-4-3-5-10(18-2)11(9)19-6-8-7-20-12(14-8)13(15)16/h3-5,7H,6H2,1-2H3,(H,15,16). The van der Waals surface area contributed by atoms with Crippen molar-refractivity contribution in [3.05, 3.63) is 34.3 Å². The molecular formula is C13H13NO5S. The number of carboxylic acid groups (broad SMARTS) is 1. The van der Waals surface area contributed by atoms with Gasteiger partial charge in [-0.3, -0.25) is 0 Å². The first-order valence-corrected chi connectivity index (χ1v) is 6.55. The predicted octanol–water partition coefficient (Wildman–Crippen LogP) is 2.44. The van der Waals surface area contributed by atoms with Crippen molar-refractivity contribution >= 4 is 17.3 Å². The maximum atomic E-state index is 10.8. The van der Waals surface area contributed by atoms with Gasteiger partial charge in [0.25, 0.3) is 0 Å². The second-order valence-electron chi connectivity index (χ2n) is 3.73. The third kappa shape index (κ3) is 3.00. The summed E-state index contributed by atoms with van der Waals surface area (Å²) in [6.45, 7) is 0.139. The van der Waals surface area contributed by atoms with Crippen LogP contribution in [-0.2, 0) is 6.61 Å². The maximum absolute atomic E-state index is 10.8. The number of para-hydroxylation sites is 1. The number of carboxylic acids is 1. The Hall–Kier alpha value is -2.28. The van der Waals surface area contributed by atoms with Gasteiger partial charge >= 0.3 is 5.97 Å². The smallest absolute Gasteiger partial charge is 0.365 e. The molecule has 0 radical (unpaired) electrons. The number of methoxy groups -OCH3 is 2. The molecule has 0 bridgehead atoms. The van der Waals surface area contributed by atoms with Crippen LogP contribution in [0, 0.1) is 0 Å². The highest BCUT2D eigenvalue weighted by Crippen LogP contribution is 2.37. The van der Waals surface area contributed by atoms with Gasteiger partial charge in [0.1, 0.15) is 6.61 Å². The second-order valence-corrected chi connectivity index (χ2v) is 4.59. The highest BCUT2D eigenvalue weighted by Gasteiger charge is 2.13. The van der Waals surface area contributed by atoms with E-state index in [1.54, 1.807) is 23.6 Å². The fraction of sp³-hybridized carbons (Fsp3) is 0.231. The summed E-state index contributed by atoms with van der Waals surface area (Å²) in [5, 5.41) is 10.5. The number of carbonyl (C=O) groups is 1. The summed E-state index contributed by atoms with van der Waals surface area (Å²) < 4.78 is 16.0. The van der Waals surface area contributed by atoms with E-state index >= 15 is 0 Å². The fourth-order valence-electron chi connectivity index (χ4n) is 1.58. The zero-order chi connectivity index (χ0) is 14.5. The van der Waals surface area contributed by atoms with E-state index in [0.717, 1.165) is 11.3 Å². The largest absolute Gasteiger partial charge is 0.493 e. The lowest BCUT2D eigenvalue weighted by Crippen LogP contribution is -2.01. The molecule has 0 unspecified atom stereocenters. The van der Waals surface area contributed by atoms with E-state index in [-0.39, 0.29) is 11.6 Å². The van der Waals surface area contributed by atoms with E-state index in [1.165, 1.54) is 14.2 Å². The van der Waals surface area contributed by atoms with Gasteiger partial charge in [-0.15, -0.1) is 11.3 Å². The molecule has 1 aromatic carbocycles. The summed E-state index contributed by atoms with van der Waals surface area (Å²) in [6.07, 6.45) is 0. The highest BCUT2D eigenvalue weighted by atomic mass is 32.1. The van der Waals surface area contributed by atoms with Crippen LogP contribution in [0.5, 0.6) is 17.2 Å². The quantitative estimate of drug-likeness (QED) is 0.882. The van der Waals surface area contributed by atoms with Gasteiger partial charge in [0.2, 0.25) is 10.8 Å². The van der Waals surface area contributed by atoms with Crippen molar-refractivity contribution in [3.8, 4) is 17.2 Å². The zero-order valence-electron chi connectivity index (χ0n) is 11.0. The molecule has 0 aliphatic carbocycles. The first-order valence-electron chi connectivity index (χ1n) is 5.67. The van der Waals surface area contributed by atoms with Crippen molar-refractivity contribution in [2.75, 3.05) is 14.2 Å². The van der Waals surface area contributed by atoms with Crippen LogP contribution in [0.3, 0.4) is 0 Å². The van der Waals surface area contributed by atoms with E-state index in [1.807, 2.05) is 0 Å². The van der Waals surface area contributed by atoms with Crippen molar-refractivity contribution in [3.63, 3.8) is 0 Å². The van der Waals surface area contributed by atoms with Crippen LogP contribution in [0.2, 0.25) is 0 Å². The third-order valence-corrected chi connectivity index (χ3v) is 3.36. The van der Waals surface area contributed by atoms with Crippen molar-refractivity contribution in [2.45, 2.75) is 6.61 Å². The molecule has 1 aromatic heterocycles. The SMILES string of the molecule is COc1cccc(OC)c1OCc1csc(C(=O)O)n1. The first kappa shape index (κ1) is 14.1. The number of nitrogens with zero attached hydrogens (tertiary/aromatic N) is 1. The minimum absolute atomic E-state index is 0.0376. The second kappa shape index (κ2) is 6.25. The van der Waals surface area contributed by atoms with Crippen molar-refractivity contribution < 1.29 is 24.1 Å². The fourth-order valence-corrected chi connectivity index (χ4v) is 2.22. The Morgan fingerprint density at radius 3 is 2.45 bits per heavy atom. The number of aromatic carboxylic acids is 1. The monoisotopic (exact) mass is 295 g/mol. The number of thiazole rings is 1. The number of hydrogen-bond donors (Lipinski definition) is 1. The summed E-state index contributed by atoms with van der Waals surface area (Å²) in [4.78, 5) is 14.7. The Labute approximate surface area is 119 Å². The molecule has 0 amide bonds. The molecule has 2 rings (SSSR count). The van der Waals surface area contributed by atoms with Gasteiger partial charge in [-0.05, 0) is 12.1 Å². The Bertz CT molecular complexity index is 588. The molecule has 1 heterocycles. The van der Waals surface area contributed by atoms with Gasteiger partial charge < -0.3 is 19.3 Å². The highest BCUT2D eigenvalue weighted by molar-refractivity contribution is 7.11. The minimum Gasteiger partial charge on any atom is -0.493 e. The van der Waals surface area contributed by atoms with Gasteiger partial charge in [0.05, 0.1) is 19.9 Å². The van der Waals surface area contributed by atoms with Crippen LogP contribution in [-0.4, -0.2) is 30.3 Å². The lowest BCUT2D eigenvalue weighted by Gasteiger charge is -2.13. The molecule has 0 fully saturated rings. The molecule has 0 atom stereocenters. The number of ether oxygens (including phenoxy) is 3. The van der Waals surface area contributed by atoms with Gasteiger partial charge in [0, 0.05) is 5.38 Å². The first-order chi connectivity index (χ1) is 9.65. The van der Waals surface area contributed by atoms with E-state index in [4.69, 9.17) is 19.3 Å². The predicted molar refractivity (Wildman–Crippen MR) is 73.0 cm³/mol. The molecule has 1 N–H and O–H groups in total. The lowest BCUT2D eigenvalue weighted by molar-refractivity contribution is 0.0696. The van der Waals surface area contributed by atoms with Gasteiger partial charge in [-0.2, -0.15) is 0 Å². The molecule has 2 aromatic rings. The maximum Gasteiger partial charge on any atom is 0.365 e. The number of hydrogen-bond acceptors (Lipinski definition) is 6. The third-order valence-electron chi connectivity index (χ3n) is 2.48. The van der Waals surface area contributed by atoms with Crippen LogP contribution in [0.1, 0.15) is 15.5 Å². The van der Waals surface area contributed by atoms with Crippen LogP contribution >= 0.6 is 11.3 Å². The number of benzene rings is 1. The van der Waals surface area contributed by atoms with E-state index in [0.29, 0.717) is 22.9 Å². The van der Waals surface area contributed by atoms with Crippen LogP contribution in [0.25, 0.3) is 0 Å². The average Bonchev–Trinajstić information content (AvgIpc) is 2.93. The molecule has 6 nitrogen and oxygen atoms in total. The Morgan fingerprint density at radius 2 is 1.95 bits per heavy atom. The summed E-state index contributed by atoms with van der Waals surface area (Å²) in [5.41, 5.74) is 0.542. The summed E-state index contributed by atoms with van der Waals surface area (Å²) in [5.74, 6) is 0.495. The van der Waals surface area contributed by atoms with E-state index in [2.05, 4.69) is 4.98 Å². The van der Waals surface area contributed by atoms with Crippen LogP contribution < -0.4 is 14.2 Å². The summed E-state index contributed by atoms with van der Waals surface area (Å²) in [7, 11) is 3.07. The average molecular weight is 295 g/mol. The Kier molecular flexibility index (Phi) is 4.41. The van der Waals surface area contributed by atoms with Crippen molar-refractivity contribution in [1.29, 1.82) is 0 Å². The summed E-state index contributed by atoms with van der Waals surface area (Å²) in [6, 6.07) is 5.29. The molecular weight excluding hydrogens is 282 g/mol. The molecule has 0 spiro atoms. The van der Waals surface area contributed by atoms with Crippen LogP contribution in [0.4, 0.5) is 0 Å². The van der Waals surface area contributed by atoms with Gasteiger partial charge in [0.15, 0.2) is 11.5 Å². The normalized spacial score (nSPS) is 10.1. The van der Waals surface area contributed by atoms with Crippen LogP contribution in [0.15, 0.2) is 23.6 Å². The molecule has 0 saturated carbocycles. The Balaban J connectivity index is 2.15. The molecule has 0 aliphatic heterocycles. The molecule has 0 aliphatic rings. The van der Waals surface area contributed by atoms with E-state index in [9.17, 15) is 4.79 Å². The molecule has 20 heavy (non-hydrogen) atoms. The number of rotatable bonds is 6. The molecule has 106 valence electrons.